The van der Waals surface area contributed by atoms with Crippen molar-refractivity contribution < 1.29 is 27.1 Å². The minimum absolute atomic E-state index is 0.0293. The highest BCUT2D eigenvalue weighted by Gasteiger charge is 2.36. The van der Waals surface area contributed by atoms with Gasteiger partial charge < -0.3 is 10.6 Å². The summed E-state index contributed by atoms with van der Waals surface area (Å²) in [4.78, 5) is 36.2. The van der Waals surface area contributed by atoms with Crippen molar-refractivity contribution in [2.24, 2.45) is 0 Å². The molecule has 0 radical (unpaired) electrons. The second-order valence-corrected chi connectivity index (χ2v) is 6.00. The molecule has 7 nitrogen and oxygen atoms in total. The number of carbonyl (C=O) groups excluding carboxylic acids is 1. The zero-order valence-corrected chi connectivity index (χ0v) is 14.6. The van der Waals surface area contributed by atoms with Gasteiger partial charge in [0, 0.05) is 6.07 Å². The van der Waals surface area contributed by atoms with Crippen LogP contribution in [0.15, 0.2) is 27.8 Å². The summed E-state index contributed by atoms with van der Waals surface area (Å²) in [6.07, 6.45) is -5.64. The number of ether oxygens (including phenoxy) is 1. The van der Waals surface area contributed by atoms with E-state index in [9.17, 15) is 31.9 Å². The van der Waals surface area contributed by atoms with E-state index in [1.165, 1.54) is 13.8 Å². The minimum atomic E-state index is -5.09. The van der Waals surface area contributed by atoms with Gasteiger partial charge in [0.05, 0.1) is 22.4 Å². The molecular formula is C15H12ClF4N3O4. The first-order valence-corrected chi connectivity index (χ1v) is 7.64. The number of rotatable bonds is 3. The molecule has 2 N–H and O–H groups in total. The van der Waals surface area contributed by atoms with E-state index < -0.39 is 52.3 Å². The molecule has 12 heteroatoms. The topological polar surface area (TPSA) is 96.3 Å². The normalized spacial score (nSPS) is 11.7. The van der Waals surface area contributed by atoms with E-state index >= 15 is 0 Å². The third kappa shape index (κ3) is 3.97. The van der Waals surface area contributed by atoms with E-state index in [4.69, 9.17) is 22.2 Å². The van der Waals surface area contributed by atoms with Crippen LogP contribution in [0.25, 0.3) is 5.69 Å². The average Bonchev–Trinajstić information content (AvgIpc) is 2.50. The van der Waals surface area contributed by atoms with Crippen LogP contribution in [0.2, 0.25) is 5.02 Å². The number of nitrogens with zero attached hydrogens (tertiary/aromatic N) is 2. The number of hydrogen-bond acceptors (Lipinski definition) is 5. The standard InChI is InChI=1S/C15H12ClF4N3O4/c1-6(2)27-13(25)7-3-10(9(17)4-8(7)16)22-12(24)5-11(15(18,19)20)23(21)14(22)26/h3-6H,21H2,1-2H3. The van der Waals surface area contributed by atoms with Crippen LogP contribution in [0.5, 0.6) is 0 Å². The van der Waals surface area contributed by atoms with Gasteiger partial charge >= 0.3 is 17.8 Å². The van der Waals surface area contributed by atoms with Crippen molar-refractivity contribution in [1.82, 2.24) is 9.24 Å². The fraction of sp³-hybridized carbons (Fsp3) is 0.267. The van der Waals surface area contributed by atoms with Gasteiger partial charge in [0.25, 0.3) is 5.56 Å². The number of hydrogen-bond donors (Lipinski definition) is 1. The number of esters is 1. The van der Waals surface area contributed by atoms with E-state index in [0.29, 0.717) is 6.07 Å². The van der Waals surface area contributed by atoms with Gasteiger partial charge in [0.15, 0.2) is 5.69 Å². The Kier molecular flexibility index (Phi) is 5.36. The van der Waals surface area contributed by atoms with E-state index in [-0.39, 0.29) is 20.3 Å². The predicted molar refractivity (Wildman–Crippen MR) is 87.0 cm³/mol. The Morgan fingerprint density at radius 3 is 2.33 bits per heavy atom. The van der Waals surface area contributed by atoms with E-state index in [0.717, 1.165) is 6.07 Å². The minimum Gasteiger partial charge on any atom is -0.459 e. The van der Waals surface area contributed by atoms with Crippen molar-refractivity contribution >= 4 is 17.6 Å². The largest absolute Gasteiger partial charge is 0.459 e. The van der Waals surface area contributed by atoms with Crippen molar-refractivity contribution in [3.05, 3.63) is 61.1 Å². The van der Waals surface area contributed by atoms with Crippen LogP contribution in [0.4, 0.5) is 17.6 Å². The first kappa shape index (κ1) is 20.5. The number of aromatic nitrogens is 2. The number of benzene rings is 1. The molecule has 0 amide bonds. The van der Waals surface area contributed by atoms with Crippen molar-refractivity contribution in [3.8, 4) is 5.69 Å². The Hall–Kier alpha value is -2.82. The average molecular weight is 410 g/mol. The molecule has 0 atom stereocenters. The SMILES string of the molecule is CC(C)OC(=O)c1cc(-n2c(=O)cc(C(F)(F)F)n(N)c2=O)c(F)cc1Cl. The Bertz CT molecular complexity index is 1030. The molecule has 27 heavy (non-hydrogen) atoms. The van der Waals surface area contributed by atoms with Crippen molar-refractivity contribution in [3.63, 3.8) is 0 Å². The lowest BCUT2D eigenvalue weighted by Gasteiger charge is -2.15. The summed E-state index contributed by atoms with van der Waals surface area (Å²) in [7, 11) is 0. The number of alkyl halides is 3. The Morgan fingerprint density at radius 1 is 1.22 bits per heavy atom. The third-order valence-corrected chi connectivity index (χ3v) is 3.58. The summed E-state index contributed by atoms with van der Waals surface area (Å²) in [6, 6.07) is 1.37. The summed E-state index contributed by atoms with van der Waals surface area (Å²) in [6.45, 7) is 3.06. The van der Waals surface area contributed by atoms with Crippen molar-refractivity contribution in [2.45, 2.75) is 26.1 Å². The van der Waals surface area contributed by atoms with Crippen LogP contribution in [0.1, 0.15) is 29.9 Å². The Labute approximate surface area is 153 Å². The molecule has 2 rings (SSSR count). The molecule has 146 valence electrons. The van der Waals surface area contributed by atoms with E-state index in [2.05, 4.69) is 0 Å². The molecule has 0 spiro atoms. The Morgan fingerprint density at radius 2 is 1.81 bits per heavy atom. The summed E-state index contributed by atoms with van der Waals surface area (Å²) in [5.41, 5.74) is -6.09. The smallest absolute Gasteiger partial charge is 0.433 e. The zero-order valence-electron chi connectivity index (χ0n) is 13.8. The van der Waals surface area contributed by atoms with Gasteiger partial charge in [0.1, 0.15) is 5.82 Å². The number of carbonyl (C=O) groups is 1. The maximum absolute atomic E-state index is 14.3. The molecule has 0 unspecified atom stereocenters. The quantitative estimate of drug-likeness (QED) is 0.476. The van der Waals surface area contributed by atoms with Gasteiger partial charge in [0.2, 0.25) is 0 Å². The summed E-state index contributed by atoms with van der Waals surface area (Å²) >= 11 is 5.78. The summed E-state index contributed by atoms with van der Waals surface area (Å²) < 4.78 is 57.3. The van der Waals surface area contributed by atoms with Gasteiger partial charge in [-0.2, -0.15) is 13.2 Å². The fourth-order valence-electron chi connectivity index (χ4n) is 2.14. The van der Waals surface area contributed by atoms with Crippen molar-refractivity contribution in [2.75, 3.05) is 5.84 Å². The lowest BCUT2D eigenvalue weighted by atomic mass is 10.2. The molecule has 1 heterocycles. The van der Waals surface area contributed by atoms with Crippen LogP contribution in [0, 0.1) is 5.82 Å². The number of halogens is 5. The molecule has 0 fully saturated rings. The highest BCUT2D eigenvalue weighted by molar-refractivity contribution is 6.33. The van der Waals surface area contributed by atoms with Crippen LogP contribution < -0.4 is 17.1 Å². The molecule has 2 aromatic rings. The van der Waals surface area contributed by atoms with Gasteiger partial charge in [-0.1, -0.05) is 11.6 Å². The van der Waals surface area contributed by atoms with Gasteiger partial charge in [-0.3, -0.25) is 4.79 Å². The van der Waals surface area contributed by atoms with Gasteiger partial charge in [-0.25, -0.2) is 23.2 Å². The van der Waals surface area contributed by atoms with Crippen LogP contribution in [-0.4, -0.2) is 21.3 Å². The second-order valence-electron chi connectivity index (χ2n) is 5.59. The van der Waals surface area contributed by atoms with E-state index in [1.807, 2.05) is 0 Å². The molecule has 0 bridgehead atoms. The van der Waals surface area contributed by atoms with Crippen LogP contribution in [0.3, 0.4) is 0 Å². The maximum atomic E-state index is 14.3. The summed E-state index contributed by atoms with van der Waals surface area (Å²) in [5, 5.41) is -0.380. The lowest BCUT2D eigenvalue weighted by Crippen LogP contribution is -2.45. The summed E-state index contributed by atoms with van der Waals surface area (Å²) in [5.74, 6) is 2.89. The first-order chi connectivity index (χ1) is 12.3. The first-order valence-electron chi connectivity index (χ1n) is 7.26. The number of nitrogens with two attached hydrogens (primary N) is 1. The fourth-order valence-corrected chi connectivity index (χ4v) is 2.37. The number of nitrogen functional groups attached to an aromatic ring is 1. The second kappa shape index (κ2) is 7.06. The molecule has 0 saturated heterocycles. The van der Waals surface area contributed by atoms with Crippen LogP contribution in [-0.2, 0) is 10.9 Å². The van der Waals surface area contributed by atoms with Crippen molar-refractivity contribution in [1.29, 1.82) is 0 Å². The highest BCUT2D eigenvalue weighted by atomic mass is 35.5. The molecule has 1 aromatic heterocycles. The third-order valence-electron chi connectivity index (χ3n) is 3.27. The highest BCUT2D eigenvalue weighted by Crippen LogP contribution is 2.27. The molecule has 0 aliphatic heterocycles. The Balaban J connectivity index is 2.76. The molecule has 0 saturated carbocycles. The molecule has 0 aliphatic rings. The van der Waals surface area contributed by atoms with E-state index in [1.54, 1.807) is 0 Å². The maximum Gasteiger partial charge on any atom is 0.433 e. The monoisotopic (exact) mass is 409 g/mol. The molecule has 0 aliphatic carbocycles. The van der Waals surface area contributed by atoms with Gasteiger partial charge in [-0.05, 0) is 26.0 Å². The molecule has 1 aromatic carbocycles. The molecular weight excluding hydrogens is 398 g/mol. The lowest BCUT2D eigenvalue weighted by molar-refractivity contribution is -0.143. The zero-order chi connectivity index (χ0) is 20.7. The van der Waals surface area contributed by atoms with Crippen LogP contribution >= 0.6 is 11.6 Å². The van der Waals surface area contributed by atoms with Gasteiger partial charge in [-0.15, -0.1) is 0 Å². The predicted octanol–water partition coefficient (Wildman–Crippen LogP) is 2.09.